The number of carbonyl (C=O) groups is 2. The maximum Gasteiger partial charge on any atom is 0.250 e. The Balaban J connectivity index is 1.90. The predicted octanol–water partition coefficient (Wildman–Crippen LogP) is 4.31. The van der Waals surface area contributed by atoms with E-state index in [-0.39, 0.29) is 23.8 Å². The number of aromatic nitrogens is 1. The van der Waals surface area contributed by atoms with Crippen LogP contribution < -0.4 is 10.9 Å². The van der Waals surface area contributed by atoms with Crippen LogP contribution in [0.25, 0.3) is 0 Å². The molecule has 0 aliphatic heterocycles. The van der Waals surface area contributed by atoms with Gasteiger partial charge < -0.3 is 14.8 Å². The van der Waals surface area contributed by atoms with Crippen LogP contribution in [0, 0.1) is 0 Å². The maximum absolute atomic E-state index is 12.3. The average Bonchev–Trinajstić information content (AvgIpc) is 2.72. The van der Waals surface area contributed by atoms with E-state index in [0.29, 0.717) is 30.1 Å². The van der Waals surface area contributed by atoms with Crippen molar-refractivity contribution >= 4 is 29.1 Å². The molecule has 1 aromatic heterocycles. The molecule has 0 saturated heterocycles. The number of nitrogens with zero attached hydrogens (tertiary/aromatic N) is 2. The highest BCUT2D eigenvalue weighted by Crippen LogP contribution is 2.16. The van der Waals surface area contributed by atoms with Crippen LogP contribution in [0.5, 0.6) is 0 Å². The van der Waals surface area contributed by atoms with Crippen LogP contribution in [0.4, 0.5) is 5.69 Å². The van der Waals surface area contributed by atoms with Crippen molar-refractivity contribution in [3.8, 4) is 0 Å². The molecule has 2 rings (SSSR count). The molecule has 0 atom stereocenters. The van der Waals surface area contributed by atoms with Gasteiger partial charge in [0.05, 0.1) is 12.2 Å². The topological polar surface area (TPSA) is 71.4 Å². The summed E-state index contributed by atoms with van der Waals surface area (Å²) in [6, 6.07) is 10.3. The SMILES string of the molecule is CCCN(CCC)C(=O)CCCC(=O)Nc1ccc(=O)n(Cc2ccccc2Cl)c1. The summed E-state index contributed by atoms with van der Waals surface area (Å²) < 4.78 is 1.51. The first-order chi connectivity index (χ1) is 14.4. The Bertz CT molecular complexity index is 905. The van der Waals surface area contributed by atoms with E-state index in [0.717, 1.165) is 31.5 Å². The maximum atomic E-state index is 12.3. The molecule has 0 saturated carbocycles. The Morgan fingerprint density at radius 3 is 2.40 bits per heavy atom. The lowest BCUT2D eigenvalue weighted by Gasteiger charge is -2.21. The molecular weight excluding hydrogens is 402 g/mol. The molecule has 7 heteroatoms. The summed E-state index contributed by atoms with van der Waals surface area (Å²) in [5.41, 5.74) is 1.19. The minimum Gasteiger partial charge on any atom is -0.343 e. The van der Waals surface area contributed by atoms with Crippen molar-refractivity contribution in [3.63, 3.8) is 0 Å². The molecule has 6 nitrogen and oxygen atoms in total. The van der Waals surface area contributed by atoms with Gasteiger partial charge in [-0.05, 0) is 37.0 Å². The second-order valence-corrected chi connectivity index (χ2v) is 7.67. The molecule has 30 heavy (non-hydrogen) atoms. The van der Waals surface area contributed by atoms with Gasteiger partial charge in [0.25, 0.3) is 5.56 Å². The number of benzene rings is 1. The van der Waals surface area contributed by atoms with E-state index in [1.54, 1.807) is 18.3 Å². The van der Waals surface area contributed by atoms with Gasteiger partial charge in [0.1, 0.15) is 0 Å². The van der Waals surface area contributed by atoms with E-state index >= 15 is 0 Å². The quantitative estimate of drug-likeness (QED) is 0.576. The molecule has 1 heterocycles. The number of pyridine rings is 1. The van der Waals surface area contributed by atoms with E-state index < -0.39 is 0 Å². The highest BCUT2D eigenvalue weighted by atomic mass is 35.5. The summed E-state index contributed by atoms with van der Waals surface area (Å²) in [6.07, 6.45) is 4.57. The fourth-order valence-electron chi connectivity index (χ4n) is 3.22. The lowest BCUT2D eigenvalue weighted by atomic mass is 10.2. The standard InChI is InChI=1S/C23H30ClN3O3/c1-3-14-26(15-4-2)22(29)11-7-10-21(28)25-19-12-13-23(30)27(17-19)16-18-8-5-6-9-20(18)24/h5-6,8-9,12-13,17H,3-4,7,10-11,14-16H2,1-2H3,(H,25,28). The van der Waals surface area contributed by atoms with E-state index in [2.05, 4.69) is 19.2 Å². The highest BCUT2D eigenvalue weighted by molar-refractivity contribution is 6.31. The Morgan fingerprint density at radius 1 is 1.03 bits per heavy atom. The van der Waals surface area contributed by atoms with Crippen LogP contribution in [-0.2, 0) is 16.1 Å². The summed E-state index contributed by atoms with van der Waals surface area (Å²) >= 11 is 6.18. The first-order valence-corrected chi connectivity index (χ1v) is 10.8. The van der Waals surface area contributed by atoms with E-state index in [1.165, 1.54) is 10.6 Å². The summed E-state index contributed by atoms with van der Waals surface area (Å²) in [5.74, 6) is -0.0805. The molecule has 0 radical (unpaired) electrons. The predicted molar refractivity (Wildman–Crippen MR) is 121 cm³/mol. The van der Waals surface area contributed by atoms with Gasteiger partial charge in [-0.1, -0.05) is 43.6 Å². The number of rotatable bonds is 11. The van der Waals surface area contributed by atoms with Crippen molar-refractivity contribution < 1.29 is 9.59 Å². The zero-order valence-corrected chi connectivity index (χ0v) is 18.5. The lowest BCUT2D eigenvalue weighted by Crippen LogP contribution is -2.32. The molecule has 1 N–H and O–H groups in total. The third-order valence-electron chi connectivity index (χ3n) is 4.70. The number of hydrogen-bond donors (Lipinski definition) is 1. The van der Waals surface area contributed by atoms with Crippen LogP contribution >= 0.6 is 11.6 Å². The molecule has 0 bridgehead atoms. The molecule has 0 spiro atoms. The van der Waals surface area contributed by atoms with E-state index in [4.69, 9.17) is 11.6 Å². The third kappa shape index (κ3) is 7.34. The summed E-state index contributed by atoms with van der Waals surface area (Å²) in [4.78, 5) is 38.6. The lowest BCUT2D eigenvalue weighted by molar-refractivity contribution is -0.131. The van der Waals surface area contributed by atoms with Gasteiger partial charge in [0.15, 0.2) is 0 Å². The number of hydrogen-bond acceptors (Lipinski definition) is 3. The molecule has 0 aliphatic carbocycles. The number of nitrogens with one attached hydrogen (secondary N) is 1. The first kappa shape index (κ1) is 23.7. The van der Waals surface area contributed by atoms with Gasteiger partial charge in [0.2, 0.25) is 11.8 Å². The molecule has 2 aromatic rings. The second-order valence-electron chi connectivity index (χ2n) is 7.26. The normalized spacial score (nSPS) is 10.6. The Hall–Kier alpha value is -2.60. The number of carbonyl (C=O) groups excluding carboxylic acids is 2. The van der Waals surface area contributed by atoms with Crippen LogP contribution in [0.15, 0.2) is 47.4 Å². The molecule has 1 aromatic carbocycles. The third-order valence-corrected chi connectivity index (χ3v) is 5.07. The molecule has 0 aliphatic rings. The monoisotopic (exact) mass is 431 g/mol. The van der Waals surface area contributed by atoms with Gasteiger partial charge >= 0.3 is 0 Å². The van der Waals surface area contributed by atoms with Crippen LogP contribution in [0.3, 0.4) is 0 Å². The van der Waals surface area contributed by atoms with Gasteiger partial charge in [-0.15, -0.1) is 0 Å². The number of amides is 2. The summed E-state index contributed by atoms with van der Waals surface area (Å²) in [5, 5.41) is 3.39. The van der Waals surface area contributed by atoms with Crippen LogP contribution in [-0.4, -0.2) is 34.4 Å². The number of anilines is 1. The fraction of sp³-hybridized carbons (Fsp3) is 0.435. The molecule has 0 unspecified atom stereocenters. The largest absolute Gasteiger partial charge is 0.343 e. The Labute approximate surface area is 182 Å². The van der Waals surface area contributed by atoms with Crippen molar-refractivity contribution in [2.24, 2.45) is 0 Å². The van der Waals surface area contributed by atoms with Gasteiger partial charge in [-0.25, -0.2) is 0 Å². The summed E-state index contributed by atoms with van der Waals surface area (Å²) in [7, 11) is 0. The molecule has 2 amide bonds. The zero-order valence-electron chi connectivity index (χ0n) is 17.7. The molecule has 0 fully saturated rings. The van der Waals surface area contributed by atoms with Crippen LogP contribution in [0.1, 0.15) is 51.5 Å². The van der Waals surface area contributed by atoms with Gasteiger partial charge in [0, 0.05) is 43.2 Å². The van der Waals surface area contributed by atoms with Crippen molar-refractivity contribution in [1.82, 2.24) is 9.47 Å². The smallest absolute Gasteiger partial charge is 0.250 e. The van der Waals surface area contributed by atoms with Gasteiger partial charge in [-0.2, -0.15) is 0 Å². The van der Waals surface area contributed by atoms with Crippen molar-refractivity contribution in [1.29, 1.82) is 0 Å². The Morgan fingerprint density at radius 2 is 1.73 bits per heavy atom. The fourth-order valence-corrected chi connectivity index (χ4v) is 3.42. The van der Waals surface area contributed by atoms with Crippen molar-refractivity contribution in [2.45, 2.75) is 52.5 Å². The zero-order chi connectivity index (χ0) is 21.9. The summed E-state index contributed by atoms with van der Waals surface area (Å²) in [6.45, 7) is 5.93. The number of halogens is 1. The second kappa shape index (κ2) is 12.2. The minimum atomic E-state index is -0.178. The molecular formula is C23H30ClN3O3. The van der Waals surface area contributed by atoms with Crippen molar-refractivity contribution in [3.05, 3.63) is 63.5 Å². The van der Waals surface area contributed by atoms with E-state index in [1.807, 2.05) is 23.1 Å². The minimum absolute atomic E-state index is 0.0970. The average molecular weight is 432 g/mol. The first-order valence-electron chi connectivity index (χ1n) is 10.5. The van der Waals surface area contributed by atoms with E-state index in [9.17, 15) is 14.4 Å². The van der Waals surface area contributed by atoms with Crippen LogP contribution in [0.2, 0.25) is 5.02 Å². The highest BCUT2D eigenvalue weighted by Gasteiger charge is 2.12. The Kier molecular flexibility index (Phi) is 9.61. The van der Waals surface area contributed by atoms with Crippen molar-refractivity contribution in [2.75, 3.05) is 18.4 Å². The molecule has 162 valence electrons. The van der Waals surface area contributed by atoms with Gasteiger partial charge in [-0.3, -0.25) is 14.4 Å².